The van der Waals surface area contributed by atoms with Crippen molar-refractivity contribution < 1.29 is 0 Å². The van der Waals surface area contributed by atoms with Crippen molar-refractivity contribution in [3.8, 4) is 0 Å². The third-order valence-electron chi connectivity index (χ3n) is 5.23. The highest BCUT2D eigenvalue weighted by Gasteiger charge is 2.44. The Morgan fingerprint density at radius 3 is 2.74 bits per heavy atom. The van der Waals surface area contributed by atoms with Crippen molar-refractivity contribution in [2.45, 2.75) is 50.6 Å². The van der Waals surface area contributed by atoms with Crippen LogP contribution in [0.4, 0.5) is 0 Å². The van der Waals surface area contributed by atoms with E-state index in [0.717, 1.165) is 19.0 Å². The van der Waals surface area contributed by atoms with Gasteiger partial charge < -0.3 is 5.73 Å². The van der Waals surface area contributed by atoms with Crippen molar-refractivity contribution in [3.63, 3.8) is 0 Å². The minimum atomic E-state index is 0.470. The molecular formula is C17H26N2. The van der Waals surface area contributed by atoms with E-state index in [0.29, 0.717) is 5.54 Å². The van der Waals surface area contributed by atoms with E-state index in [1.807, 2.05) is 0 Å². The van der Waals surface area contributed by atoms with Crippen LogP contribution in [0.5, 0.6) is 0 Å². The fraction of sp³-hybridized carbons (Fsp3) is 0.647. The molecule has 2 N–H and O–H groups in total. The maximum atomic E-state index is 5.90. The number of hydrogen-bond donors (Lipinski definition) is 1. The molecule has 1 saturated carbocycles. The first kappa shape index (κ1) is 13.1. The summed E-state index contributed by atoms with van der Waals surface area (Å²) in [5, 5.41) is 0. The van der Waals surface area contributed by atoms with E-state index < -0.39 is 0 Å². The van der Waals surface area contributed by atoms with E-state index in [2.05, 4.69) is 35.2 Å². The van der Waals surface area contributed by atoms with Gasteiger partial charge in [0, 0.05) is 12.1 Å². The van der Waals surface area contributed by atoms with Gasteiger partial charge in [-0.3, -0.25) is 4.90 Å². The van der Waals surface area contributed by atoms with Crippen LogP contribution in [0.15, 0.2) is 30.3 Å². The lowest BCUT2D eigenvalue weighted by molar-refractivity contribution is 0.0407. The average molecular weight is 258 g/mol. The topological polar surface area (TPSA) is 29.3 Å². The fourth-order valence-electron chi connectivity index (χ4n) is 4.13. The minimum Gasteiger partial charge on any atom is -0.330 e. The maximum absolute atomic E-state index is 5.90. The van der Waals surface area contributed by atoms with Crippen LogP contribution >= 0.6 is 0 Å². The van der Waals surface area contributed by atoms with E-state index >= 15 is 0 Å². The maximum Gasteiger partial charge on any atom is 0.0239 e. The molecule has 3 rings (SSSR count). The van der Waals surface area contributed by atoms with Gasteiger partial charge in [0.1, 0.15) is 0 Å². The van der Waals surface area contributed by atoms with Gasteiger partial charge in [-0.05, 0) is 56.7 Å². The number of nitrogens with zero attached hydrogens (tertiary/aromatic N) is 1. The molecule has 2 nitrogen and oxygen atoms in total. The van der Waals surface area contributed by atoms with Crippen LogP contribution in [-0.2, 0) is 6.54 Å². The highest BCUT2D eigenvalue weighted by Crippen LogP contribution is 2.45. The molecule has 1 heterocycles. The van der Waals surface area contributed by atoms with E-state index in [1.54, 1.807) is 0 Å². The van der Waals surface area contributed by atoms with Gasteiger partial charge in [0.2, 0.25) is 0 Å². The van der Waals surface area contributed by atoms with Gasteiger partial charge >= 0.3 is 0 Å². The zero-order valence-electron chi connectivity index (χ0n) is 11.9. The summed E-state index contributed by atoms with van der Waals surface area (Å²) < 4.78 is 0. The molecule has 2 fully saturated rings. The van der Waals surface area contributed by atoms with Gasteiger partial charge in [-0.25, -0.2) is 0 Å². The van der Waals surface area contributed by atoms with Gasteiger partial charge in [-0.15, -0.1) is 0 Å². The highest BCUT2D eigenvalue weighted by molar-refractivity contribution is 5.15. The smallest absolute Gasteiger partial charge is 0.0239 e. The van der Waals surface area contributed by atoms with Gasteiger partial charge in [0.05, 0.1) is 0 Å². The Morgan fingerprint density at radius 2 is 2.00 bits per heavy atom. The first-order valence-electron chi connectivity index (χ1n) is 7.81. The Hall–Kier alpha value is -0.860. The third kappa shape index (κ3) is 2.70. The zero-order valence-corrected chi connectivity index (χ0v) is 11.9. The summed E-state index contributed by atoms with van der Waals surface area (Å²) in [6, 6.07) is 10.9. The Bertz CT molecular complexity index is 403. The highest BCUT2D eigenvalue weighted by atomic mass is 15.2. The van der Waals surface area contributed by atoms with Crippen LogP contribution in [0, 0.1) is 5.92 Å². The molecule has 1 saturated heterocycles. The molecule has 0 radical (unpaired) electrons. The predicted molar refractivity (Wildman–Crippen MR) is 79.8 cm³/mol. The monoisotopic (exact) mass is 258 g/mol. The molecule has 104 valence electrons. The van der Waals surface area contributed by atoms with Gasteiger partial charge in [0.25, 0.3) is 0 Å². The molecule has 0 amide bonds. The third-order valence-corrected chi connectivity index (χ3v) is 5.23. The number of nitrogens with two attached hydrogens (primary N) is 1. The summed E-state index contributed by atoms with van der Waals surface area (Å²) in [7, 11) is 0. The molecule has 1 aromatic carbocycles. The van der Waals surface area contributed by atoms with Gasteiger partial charge in [0.15, 0.2) is 0 Å². The van der Waals surface area contributed by atoms with Crippen molar-refractivity contribution in [3.05, 3.63) is 35.9 Å². The Balaban J connectivity index is 1.74. The van der Waals surface area contributed by atoms with Crippen LogP contribution in [0.2, 0.25) is 0 Å². The SMILES string of the molecule is NCC1CCC2(CCCCN2Cc2ccccc2)C1. The van der Waals surface area contributed by atoms with E-state index in [1.165, 1.54) is 50.6 Å². The minimum absolute atomic E-state index is 0.470. The summed E-state index contributed by atoms with van der Waals surface area (Å²) in [6.07, 6.45) is 8.18. The molecule has 1 aliphatic heterocycles. The van der Waals surface area contributed by atoms with Crippen molar-refractivity contribution in [1.29, 1.82) is 0 Å². The lowest BCUT2D eigenvalue weighted by Gasteiger charge is -2.45. The molecule has 2 unspecified atom stereocenters. The molecule has 2 aliphatic rings. The first-order chi connectivity index (χ1) is 9.32. The quantitative estimate of drug-likeness (QED) is 0.902. The van der Waals surface area contributed by atoms with E-state index in [4.69, 9.17) is 5.73 Å². The molecule has 1 aliphatic carbocycles. The van der Waals surface area contributed by atoms with Crippen LogP contribution in [0.25, 0.3) is 0 Å². The number of piperidine rings is 1. The molecule has 1 aromatic rings. The number of likely N-dealkylation sites (tertiary alicyclic amines) is 1. The molecule has 2 heteroatoms. The van der Waals surface area contributed by atoms with Crippen molar-refractivity contribution >= 4 is 0 Å². The Morgan fingerprint density at radius 1 is 1.16 bits per heavy atom. The number of rotatable bonds is 3. The van der Waals surface area contributed by atoms with Crippen molar-refractivity contribution in [2.75, 3.05) is 13.1 Å². The van der Waals surface area contributed by atoms with E-state index in [-0.39, 0.29) is 0 Å². The summed E-state index contributed by atoms with van der Waals surface area (Å²) in [6.45, 7) is 3.27. The standard InChI is InChI=1S/C17H26N2/c18-13-16-8-10-17(12-16)9-4-5-11-19(17)14-15-6-2-1-3-7-15/h1-3,6-7,16H,4-5,8-14,18H2. The lowest BCUT2D eigenvalue weighted by Crippen LogP contribution is -2.49. The number of benzene rings is 1. The second-order valence-electron chi connectivity index (χ2n) is 6.43. The summed E-state index contributed by atoms with van der Waals surface area (Å²) in [4.78, 5) is 2.77. The summed E-state index contributed by atoms with van der Waals surface area (Å²) in [5.74, 6) is 0.761. The molecule has 1 spiro atoms. The van der Waals surface area contributed by atoms with E-state index in [9.17, 15) is 0 Å². The van der Waals surface area contributed by atoms with Crippen LogP contribution in [-0.4, -0.2) is 23.5 Å². The molecule has 19 heavy (non-hydrogen) atoms. The van der Waals surface area contributed by atoms with Crippen LogP contribution in [0.3, 0.4) is 0 Å². The normalized spacial score (nSPS) is 31.9. The Kier molecular flexibility index (Phi) is 3.90. The Labute approximate surface area is 117 Å². The zero-order chi connectivity index (χ0) is 13.1. The molecule has 0 aromatic heterocycles. The largest absolute Gasteiger partial charge is 0.330 e. The summed E-state index contributed by atoms with van der Waals surface area (Å²) in [5.41, 5.74) is 7.83. The second-order valence-corrected chi connectivity index (χ2v) is 6.43. The molecule has 0 bridgehead atoms. The fourth-order valence-corrected chi connectivity index (χ4v) is 4.13. The molecule has 2 atom stereocenters. The first-order valence-corrected chi connectivity index (χ1v) is 7.81. The van der Waals surface area contributed by atoms with Gasteiger partial charge in [-0.2, -0.15) is 0 Å². The lowest BCUT2D eigenvalue weighted by atomic mass is 9.84. The van der Waals surface area contributed by atoms with Gasteiger partial charge in [-0.1, -0.05) is 36.8 Å². The summed E-state index contributed by atoms with van der Waals surface area (Å²) >= 11 is 0. The average Bonchev–Trinajstić information content (AvgIpc) is 2.87. The second kappa shape index (κ2) is 5.64. The molecular weight excluding hydrogens is 232 g/mol. The number of hydrogen-bond acceptors (Lipinski definition) is 2. The van der Waals surface area contributed by atoms with Crippen molar-refractivity contribution in [2.24, 2.45) is 11.7 Å². The van der Waals surface area contributed by atoms with Crippen molar-refractivity contribution in [1.82, 2.24) is 4.90 Å². The predicted octanol–water partition coefficient (Wildman–Crippen LogP) is 3.17. The van der Waals surface area contributed by atoms with Crippen LogP contribution < -0.4 is 5.73 Å². The van der Waals surface area contributed by atoms with Crippen LogP contribution in [0.1, 0.15) is 44.1 Å².